The van der Waals surface area contributed by atoms with E-state index in [1.54, 1.807) is 0 Å². The summed E-state index contributed by atoms with van der Waals surface area (Å²) < 4.78 is 10.9. The van der Waals surface area contributed by atoms with Crippen LogP contribution in [0.1, 0.15) is 0 Å². The van der Waals surface area contributed by atoms with Crippen molar-refractivity contribution in [3.05, 3.63) is 84.9 Å². The molecule has 0 N–H and O–H groups in total. The van der Waals surface area contributed by atoms with Crippen molar-refractivity contribution in [3.63, 3.8) is 0 Å². The van der Waals surface area contributed by atoms with E-state index in [0.29, 0.717) is 0 Å². The van der Waals surface area contributed by atoms with Crippen molar-refractivity contribution in [1.29, 1.82) is 0 Å². The van der Waals surface area contributed by atoms with Crippen LogP contribution in [0.5, 0.6) is 0 Å². The molecule has 3 rings (SSSR count). The third-order valence-electron chi connectivity index (χ3n) is 3.24. The molecule has 0 saturated carbocycles. The van der Waals surface area contributed by atoms with E-state index in [0.717, 1.165) is 5.30 Å². The molecule has 0 aliphatic carbocycles. The van der Waals surface area contributed by atoms with Gasteiger partial charge in [-0.25, -0.2) is 0 Å². The van der Waals surface area contributed by atoms with Crippen molar-refractivity contribution >= 4 is 37.6 Å². The minimum Gasteiger partial charge on any atom is -0.269 e. The maximum Gasteiger partial charge on any atom is 0.192 e. The topological polar surface area (TPSA) is 17.1 Å². The summed E-state index contributed by atoms with van der Waals surface area (Å²) >= 11 is 0. The molecule has 0 bridgehead atoms. The van der Waals surface area contributed by atoms with Gasteiger partial charge in [0.05, 0.1) is 0 Å². The fourth-order valence-electron chi connectivity index (χ4n) is 2.26. The quantitative estimate of drug-likeness (QED) is 0.676. The summed E-state index contributed by atoms with van der Waals surface area (Å²) in [4.78, 5) is 0. The second kappa shape index (κ2) is 6.76. The van der Waals surface area contributed by atoms with Gasteiger partial charge in [-0.1, -0.05) is 72.8 Å². The molecule has 0 atom stereocenters. The van der Waals surface area contributed by atoms with Crippen LogP contribution in [0.3, 0.4) is 0 Å². The summed E-state index contributed by atoms with van der Waals surface area (Å²) in [5.41, 5.74) is 0. The fourth-order valence-corrected chi connectivity index (χ4v) is 4.82. The molecule has 1 nitrogen and oxygen atoms in total. The lowest BCUT2D eigenvalue weighted by atomic mass is 10.3. The van der Waals surface area contributed by atoms with Gasteiger partial charge in [-0.05, 0) is 36.0 Å². The minimum atomic E-state index is -0.569. The molecule has 0 radical (unpaired) electrons. The van der Waals surface area contributed by atoms with Crippen molar-refractivity contribution in [3.8, 4) is 0 Å². The summed E-state index contributed by atoms with van der Waals surface area (Å²) in [5.74, 6) is 0. The van der Waals surface area contributed by atoms with Crippen LogP contribution in [0.25, 0.3) is 0 Å². The molecule has 21 heavy (non-hydrogen) atoms. The zero-order valence-corrected chi connectivity index (χ0v) is 13.2. The van der Waals surface area contributed by atoms with Crippen LogP contribution in [-0.4, -0.2) is 0 Å². The average molecular weight is 308 g/mol. The Hall–Kier alpha value is -1.81. The molecule has 0 unspecified atom stereocenters. The molecule has 3 heteroatoms. The molecular formula is C18H14OP2. The highest BCUT2D eigenvalue weighted by atomic mass is 31.1. The first-order valence-corrected chi connectivity index (χ1v) is 8.87. The zero-order valence-electron chi connectivity index (χ0n) is 11.4. The number of hydrogen-bond donors (Lipinski definition) is 0. The van der Waals surface area contributed by atoms with Crippen molar-refractivity contribution < 1.29 is 4.57 Å². The lowest BCUT2D eigenvalue weighted by Crippen LogP contribution is -2.20. The molecule has 0 heterocycles. The Morgan fingerprint density at radius 1 is 0.571 bits per heavy atom. The van der Waals surface area contributed by atoms with Gasteiger partial charge in [-0.2, -0.15) is 0 Å². The highest BCUT2D eigenvalue weighted by Crippen LogP contribution is 2.32. The van der Waals surface area contributed by atoms with Gasteiger partial charge >= 0.3 is 0 Å². The van der Waals surface area contributed by atoms with Gasteiger partial charge in [-0.15, -0.1) is 0 Å². The molecular weight excluding hydrogens is 294 g/mol. The Kier molecular flexibility index (Phi) is 4.55. The predicted octanol–water partition coefficient (Wildman–Crippen LogP) is 3.36. The average Bonchev–Trinajstić information content (AvgIpc) is 2.58. The third-order valence-corrected chi connectivity index (χ3v) is 6.19. The van der Waals surface area contributed by atoms with E-state index in [1.165, 1.54) is 15.9 Å². The van der Waals surface area contributed by atoms with Gasteiger partial charge in [-0.3, -0.25) is 4.57 Å². The monoisotopic (exact) mass is 308 g/mol. The van der Waals surface area contributed by atoms with E-state index in [1.807, 2.05) is 24.3 Å². The Labute approximate surface area is 127 Å². The Morgan fingerprint density at radius 2 is 1.00 bits per heavy atom. The van der Waals surface area contributed by atoms with Gasteiger partial charge < -0.3 is 0 Å². The summed E-state index contributed by atoms with van der Waals surface area (Å²) in [6, 6.07) is 29.2. The SMILES string of the molecule is O=Pc1ccc(P(c2ccccc2)c2ccccc2)cc1. The van der Waals surface area contributed by atoms with Gasteiger partial charge in [0.25, 0.3) is 0 Å². The van der Waals surface area contributed by atoms with Crippen LogP contribution in [-0.2, 0) is 4.57 Å². The van der Waals surface area contributed by atoms with Gasteiger partial charge in [0.1, 0.15) is 0 Å². The smallest absolute Gasteiger partial charge is 0.192 e. The maximum atomic E-state index is 10.9. The van der Waals surface area contributed by atoms with Crippen LogP contribution in [0.4, 0.5) is 0 Å². The van der Waals surface area contributed by atoms with Gasteiger partial charge in [0, 0.05) is 5.30 Å². The molecule has 0 aliphatic rings. The van der Waals surface area contributed by atoms with Crippen LogP contribution in [0.2, 0.25) is 0 Å². The lowest BCUT2D eigenvalue weighted by molar-refractivity contribution is 0.603. The summed E-state index contributed by atoms with van der Waals surface area (Å²) in [6.45, 7) is 0. The Morgan fingerprint density at radius 3 is 1.43 bits per heavy atom. The van der Waals surface area contributed by atoms with Crippen LogP contribution >= 0.6 is 16.4 Å². The molecule has 0 aromatic heterocycles. The molecule has 0 amide bonds. The molecule has 3 aromatic rings. The van der Waals surface area contributed by atoms with E-state index in [2.05, 4.69) is 60.7 Å². The van der Waals surface area contributed by atoms with Crippen LogP contribution < -0.4 is 21.2 Å². The first-order valence-electron chi connectivity index (χ1n) is 6.72. The third kappa shape index (κ3) is 3.27. The normalized spacial score (nSPS) is 10.9. The number of hydrogen-bond acceptors (Lipinski definition) is 1. The standard InChI is InChI=1S/C18H14OP2/c19-20-15-11-13-18(14-12-15)21(16-7-3-1-4-8-16)17-9-5-2-6-10-17/h1-14H. The van der Waals surface area contributed by atoms with Crippen molar-refractivity contribution in [1.82, 2.24) is 0 Å². The van der Waals surface area contributed by atoms with E-state index in [-0.39, 0.29) is 8.46 Å². The van der Waals surface area contributed by atoms with E-state index in [9.17, 15) is 4.57 Å². The summed E-state index contributed by atoms with van der Waals surface area (Å²) in [7, 11) is -0.494. The van der Waals surface area contributed by atoms with E-state index >= 15 is 0 Å². The second-order valence-corrected chi connectivity index (χ2v) is 7.53. The molecule has 0 fully saturated rings. The lowest BCUT2D eigenvalue weighted by Gasteiger charge is -2.19. The van der Waals surface area contributed by atoms with E-state index in [4.69, 9.17) is 0 Å². The first kappa shape index (κ1) is 14.1. The maximum absolute atomic E-state index is 10.9. The molecule has 0 aliphatic heterocycles. The summed E-state index contributed by atoms with van der Waals surface area (Å²) in [5, 5.41) is 4.74. The molecule has 3 aromatic carbocycles. The second-order valence-electron chi connectivity index (χ2n) is 4.61. The van der Waals surface area contributed by atoms with Crippen molar-refractivity contribution in [2.45, 2.75) is 0 Å². The molecule has 0 spiro atoms. The molecule has 0 saturated heterocycles. The van der Waals surface area contributed by atoms with Gasteiger partial charge in [0.2, 0.25) is 0 Å². The Balaban J connectivity index is 2.09. The Bertz CT molecular complexity index is 670. The first-order chi connectivity index (χ1) is 10.4. The minimum absolute atomic E-state index is 0.0741. The van der Waals surface area contributed by atoms with Crippen molar-refractivity contribution in [2.75, 3.05) is 0 Å². The fraction of sp³-hybridized carbons (Fsp3) is 0. The largest absolute Gasteiger partial charge is 0.269 e. The van der Waals surface area contributed by atoms with Gasteiger partial charge in [0.15, 0.2) is 8.46 Å². The predicted molar refractivity (Wildman–Crippen MR) is 92.4 cm³/mol. The summed E-state index contributed by atoms with van der Waals surface area (Å²) in [6.07, 6.45) is 0. The highest BCUT2D eigenvalue weighted by molar-refractivity contribution is 7.79. The number of rotatable bonds is 4. The van der Waals surface area contributed by atoms with Crippen LogP contribution in [0, 0.1) is 0 Å². The molecule has 102 valence electrons. The number of benzene rings is 3. The highest BCUT2D eigenvalue weighted by Gasteiger charge is 2.15. The van der Waals surface area contributed by atoms with E-state index < -0.39 is 7.92 Å². The van der Waals surface area contributed by atoms with Crippen LogP contribution in [0.15, 0.2) is 84.9 Å². The van der Waals surface area contributed by atoms with Crippen molar-refractivity contribution in [2.24, 2.45) is 0 Å². The zero-order chi connectivity index (χ0) is 14.5.